The summed E-state index contributed by atoms with van der Waals surface area (Å²) in [6.07, 6.45) is 5.59. The maximum absolute atomic E-state index is 13.1. The van der Waals surface area contributed by atoms with Gasteiger partial charge in [0.25, 0.3) is 0 Å². The lowest BCUT2D eigenvalue weighted by atomic mass is 10.00. The maximum atomic E-state index is 13.1. The van der Waals surface area contributed by atoms with Gasteiger partial charge in [-0.05, 0) is 42.3 Å². The topological polar surface area (TPSA) is 17.0 Å². The minimum absolute atomic E-state index is 0.188. The van der Waals surface area contributed by atoms with E-state index in [0.29, 0.717) is 0 Å². The highest BCUT2D eigenvalue weighted by atomic mass is 19.1. The van der Waals surface area contributed by atoms with Crippen LogP contribution in [0.3, 0.4) is 0 Å². The zero-order valence-electron chi connectivity index (χ0n) is 12.9. The number of benzene rings is 2. The normalized spacial score (nSPS) is 14.9. The SMILES string of the molecule is Fc1ccc(Cn2cc(C3=CCNCC3)c3ccccc32)cc1. The van der Waals surface area contributed by atoms with Gasteiger partial charge in [-0.2, -0.15) is 0 Å². The quantitative estimate of drug-likeness (QED) is 0.767. The first kappa shape index (κ1) is 14.2. The predicted octanol–water partition coefficient (Wildman–Crippen LogP) is 4.21. The summed E-state index contributed by atoms with van der Waals surface area (Å²) in [6.45, 7) is 2.72. The third kappa shape index (κ3) is 2.80. The number of para-hydroxylation sites is 1. The van der Waals surface area contributed by atoms with Gasteiger partial charge in [-0.25, -0.2) is 4.39 Å². The molecule has 0 fully saturated rings. The average Bonchev–Trinajstić information content (AvgIpc) is 2.97. The van der Waals surface area contributed by atoms with E-state index in [4.69, 9.17) is 0 Å². The van der Waals surface area contributed by atoms with Crippen molar-refractivity contribution in [3.8, 4) is 0 Å². The van der Waals surface area contributed by atoms with E-state index in [1.54, 1.807) is 0 Å². The van der Waals surface area contributed by atoms with Crippen LogP contribution in [0.15, 0.2) is 60.8 Å². The number of nitrogens with zero attached hydrogens (tertiary/aromatic N) is 1. The molecule has 23 heavy (non-hydrogen) atoms. The number of aromatic nitrogens is 1. The molecule has 2 aromatic carbocycles. The number of fused-ring (bicyclic) bond motifs is 1. The van der Waals surface area contributed by atoms with Crippen LogP contribution >= 0.6 is 0 Å². The molecule has 0 unspecified atom stereocenters. The van der Waals surface area contributed by atoms with Gasteiger partial charge in [-0.15, -0.1) is 0 Å². The molecule has 1 aliphatic heterocycles. The molecular formula is C20H19FN2. The van der Waals surface area contributed by atoms with Gasteiger partial charge in [0.15, 0.2) is 0 Å². The Balaban J connectivity index is 1.77. The van der Waals surface area contributed by atoms with E-state index in [-0.39, 0.29) is 5.82 Å². The Kier molecular flexibility index (Phi) is 3.72. The van der Waals surface area contributed by atoms with E-state index in [0.717, 1.165) is 31.6 Å². The van der Waals surface area contributed by atoms with Crippen molar-refractivity contribution in [3.05, 3.63) is 77.7 Å². The molecule has 0 bridgehead atoms. The second kappa shape index (κ2) is 6.01. The van der Waals surface area contributed by atoms with Crippen LogP contribution in [0.2, 0.25) is 0 Å². The maximum Gasteiger partial charge on any atom is 0.123 e. The highest BCUT2D eigenvalue weighted by Crippen LogP contribution is 2.30. The van der Waals surface area contributed by atoms with Crippen LogP contribution in [0.1, 0.15) is 17.5 Å². The molecule has 1 N–H and O–H groups in total. The largest absolute Gasteiger partial charge is 0.342 e. The Bertz CT molecular complexity index is 859. The Morgan fingerprint density at radius 2 is 1.87 bits per heavy atom. The third-order valence-electron chi connectivity index (χ3n) is 4.46. The molecule has 0 aliphatic carbocycles. The highest BCUT2D eigenvalue weighted by Gasteiger charge is 2.13. The first-order valence-corrected chi connectivity index (χ1v) is 8.04. The van der Waals surface area contributed by atoms with Crippen molar-refractivity contribution < 1.29 is 4.39 Å². The fourth-order valence-electron chi connectivity index (χ4n) is 3.29. The van der Waals surface area contributed by atoms with Gasteiger partial charge in [-0.3, -0.25) is 0 Å². The lowest BCUT2D eigenvalue weighted by Crippen LogP contribution is -2.19. The second-order valence-electron chi connectivity index (χ2n) is 6.00. The molecular weight excluding hydrogens is 287 g/mol. The standard InChI is InChI=1S/C20H19FN2/c21-17-7-5-15(6-8-17)13-23-14-19(16-9-11-22-12-10-16)18-3-1-2-4-20(18)23/h1-9,14,22H,10-13H2. The Labute approximate surface area is 135 Å². The Hall–Kier alpha value is -2.39. The van der Waals surface area contributed by atoms with Crippen LogP contribution in [0.4, 0.5) is 4.39 Å². The number of nitrogens with one attached hydrogen (secondary N) is 1. The summed E-state index contributed by atoms with van der Waals surface area (Å²) < 4.78 is 15.4. The molecule has 0 radical (unpaired) electrons. The summed E-state index contributed by atoms with van der Waals surface area (Å²) in [6, 6.07) is 15.3. The lowest BCUT2D eigenvalue weighted by molar-refractivity contribution is 0.626. The molecule has 0 atom stereocenters. The second-order valence-corrected chi connectivity index (χ2v) is 6.00. The van der Waals surface area contributed by atoms with Crippen LogP contribution in [0.5, 0.6) is 0 Å². The molecule has 4 rings (SSSR count). The summed E-state index contributed by atoms with van der Waals surface area (Å²) in [5.41, 5.74) is 5.08. The summed E-state index contributed by atoms with van der Waals surface area (Å²) in [4.78, 5) is 0. The van der Waals surface area contributed by atoms with Gasteiger partial charge in [0.05, 0.1) is 0 Å². The van der Waals surface area contributed by atoms with Crippen molar-refractivity contribution >= 4 is 16.5 Å². The van der Waals surface area contributed by atoms with Crippen molar-refractivity contribution in [2.24, 2.45) is 0 Å². The third-order valence-corrected chi connectivity index (χ3v) is 4.46. The summed E-state index contributed by atoms with van der Waals surface area (Å²) in [5, 5.41) is 4.66. The van der Waals surface area contributed by atoms with Crippen LogP contribution in [-0.4, -0.2) is 17.7 Å². The smallest absolute Gasteiger partial charge is 0.123 e. The first-order valence-electron chi connectivity index (χ1n) is 8.04. The number of hydrogen-bond donors (Lipinski definition) is 1. The Morgan fingerprint density at radius 1 is 1.04 bits per heavy atom. The average molecular weight is 306 g/mol. The van der Waals surface area contributed by atoms with Crippen molar-refractivity contribution in [1.29, 1.82) is 0 Å². The van der Waals surface area contributed by atoms with E-state index in [2.05, 4.69) is 46.4 Å². The monoisotopic (exact) mass is 306 g/mol. The van der Waals surface area contributed by atoms with Crippen molar-refractivity contribution in [3.63, 3.8) is 0 Å². The zero-order chi connectivity index (χ0) is 15.6. The van der Waals surface area contributed by atoms with E-state index in [1.165, 1.54) is 34.2 Å². The van der Waals surface area contributed by atoms with Crippen LogP contribution in [0, 0.1) is 5.82 Å². The van der Waals surface area contributed by atoms with Gasteiger partial charge in [-0.1, -0.05) is 36.4 Å². The molecule has 0 saturated heterocycles. The van der Waals surface area contributed by atoms with E-state index >= 15 is 0 Å². The van der Waals surface area contributed by atoms with E-state index in [9.17, 15) is 4.39 Å². The van der Waals surface area contributed by atoms with E-state index < -0.39 is 0 Å². The van der Waals surface area contributed by atoms with E-state index in [1.807, 2.05) is 12.1 Å². The minimum Gasteiger partial charge on any atom is -0.342 e. The van der Waals surface area contributed by atoms with Gasteiger partial charge in [0.1, 0.15) is 5.82 Å². The van der Waals surface area contributed by atoms with Gasteiger partial charge in [0, 0.05) is 35.8 Å². The van der Waals surface area contributed by atoms with Gasteiger partial charge >= 0.3 is 0 Å². The Morgan fingerprint density at radius 3 is 2.65 bits per heavy atom. The molecule has 0 spiro atoms. The van der Waals surface area contributed by atoms with Crippen molar-refractivity contribution in [2.75, 3.05) is 13.1 Å². The number of hydrogen-bond acceptors (Lipinski definition) is 1. The van der Waals surface area contributed by atoms with Crippen molar-refractivity contribution in [2.45, 2.75) is 13.0 Å². The molecule has 1 aliphatic rings. The first-order chi connectivity index (χ1) is 11.3. The van der Waals surface area contributed by atoms with Crippen LogP contribution in [-0.2, 0) is 6.54 Å². The molecule has 3 heteroatoms. The summed E-state index contributed by atoms with van der Waals surface area (Å²) in [5.74, 6) is -0.188. The zero-order valence-corrected chi connectivity index (χ0v) is 12.9. The summed E-state index contributed by atoms with van der Waals surface area (Å²) in [7, 11) is 0. The fourth-order valence-corrected chi connectivity index (χ4v) is 3.29. The molecule has 2 heterocycles. The predicted molar refractivity (Wildman–Crippen MR) is 92.9 cm³/mol. The molecule has 0 amide bonds. The van der Waals surface area contributed by atoms with Crippen LogP contribution in [0.25, 0.3) is 16.5 Å². The minimum atomic E-state index is -0.188. The molecule has 2 nitrogen and oxygen atoms in total. The molecule has 1 aromatic heterocycles. The number of rotatable bonds is 3. The molecule has 0 saturated carbocycles. The molecule has 116 valence electrons. The molecule has 3 aromatic rings. The summed E-state index contributed by atoms with van der Waals surface area (Å²) >= 11 is 0. The fraction of sp³-hybridized carbons (Fsp3) is 0.200. The van der Waals surface area contributed by atoms with Gasteiger partial charge < -0.3 is 9.88 Å². The number of halogens is 1. The van der Waals surface area contributed by atoms with Crippen molar-refractivity contribution in [1.82, 2.24) is 9.88 Å². The highest BCUT2D eigenvalue weighted by molar-refractivity contribution is 5.93. The van der Waals surface area contributed by atoms with Gasteiger partial charge in [0.2, 0.25) is 0 Å². The van der Waals surface area contributed by atoms with Crippen LogP contribution < -0.4 is 5.32 Å². The lowest BCUT2D eigenvalue weighted by Gasteiger charge is -2.13.